The molecule has 0 N–H and O–H groups in total. The third kappa shape index (κ3) is 3.29. The second-order valence-electron chi connectivity index (χ2n) is 4.65. The number of hydrogen-bond donors (Lipinski definition) is 0. The number of benzene rings is 2. The van der Waals surface area contributed by atoms with Crippen molar-refractivity contribution in [3.63, 3.8) is 0 Å². The maximum Gasteiger partial charge on any atom is 0.167 e. The Hall–Kier alpha value is -1.48. The van der Waals surface area contributed by atoms with Crippen molar-refractivity contribution in [1.82, 2.24) is 0 Å². The van der Waals surface area contributed by atoms with Gasteiger partial charge in [-0.25, -0.2) is 4.39 Å². The highest BCUT2D eigenvalue weighted by molar-refractivity contribution is 9.10. The molecule has 2 aromatic carbocycles. The first-order valence-corrected chi connectivity index (χ1v) is 6.81. The summed E-state index contributed by atoms with van der Waals surface area (Å²) in [6, 6.07) is 10.2. The number of rotatable bonds is 3. The molecule has 0 amide bonds. The summed E-state index contributed by atoms with van der Waals surface area (Å²) in [5.41, 5.74) is 3.63. The van der Waals surface area contributed by atoms with Crippen molar-refractivity contribution in [1.29, 1.82) is 0 Å². The maximum atomic E-state index is 13.0. The lowest BCUT2D eigenvalue weighted by atomic mass is 9.98. The summed E-state index contributed by atoms with van der Waals surface area (Å²) in [7, 11) is 0. The lowest BCUT2D eigenvalue weighted by Gasteiger charge is -2.07. The second kappa shape index (κ2) is 5.66. The Bertz CT molecular complexity index is 635. The summed E-state index contributed by atoms with van der Waals surface area (Å²) in [5.74, 6) is -0.264. The van der Waals surface area contributed by atoms with Gasteiger partial charge in [0.2, 0.25) is 0 Å². The molecule has 19 heavy (non-hydrogen) atoms. The van der Waals surface area contributed by atoms with Gasteiger partial charge in [-0.2, -0.15) is 0 Å². The van der Waals surface area contributed by atoms with Crippen LogP contribution in [0.25, 0.3) is 0 Å². The molecule has 0 saturated heterocycles. The highest BCUT2D eigenvalue weighted by Gasteiger charge is 2.12. The van der Waals surface area contributed by atoms with Crippen LogP contribution >= 0.6 is 15.9 Å². The van der Waals surface area contributed by atoms with Crippen LogP contribution in [0.1, 0.15) is 27.0 Å². The van der Waals surface area contributed by atoms with Gasteiger partial charge in [0.05, 0.1) is 0 Å². The molecular weight excluding hydrogens is 307 g/mol. The highest BCUT2D eigenvalue weighted by Crippen LogP contribution is 2.21. The van der Waals surface area contributed by atoms with E-state index in [2.05, 4.69) is 15.9 Å². The summed E-state index contributed by atoms with van der Waals surface area (Å²) >= 11 is 3.29. The molecule has 1 nitrogen and oxygen atoms in total. The molecule has 0 aromatic heterocycles. The summed E-state index contributed by atoms with van der Waals surface area (Å²) < 4.78 is 13.6. The van der Waals surface area contributed by atoms with Crippen LogP contribution < -0.4 is 0 Å². The van der Waals surface area contributed by atoms with E-state index in [1.54, 1.807) is 6.07 Å². The molecule has 0 atom stereocenters. The van der Waals surface area contributed by atoms with Gasteiger partial charge in [0, 0.05) is 16.5 Å². The summed E-state index contributed by atoms with van der Waals surface area (Å²) in [6.45, 7) is 3.93. The SMILES string of the molecule is Cc1ccc(C(=O)Cc2ccc(F)cc2Br)c(C)c1. The van der Waals surface area contributed by atoms with Crippen molar-refractivity contribution in [3.05, 3.63) is 68.9 Å². The average molecular weight is 321 g/mol. The van der Waals surface area contributed by atoms with Gasteiger partial charge < -0.3 is 0 Å². The zero-order valence-corrected chi connectivity index (χ0v) is 12.4. The van der Waals surface area contributed by atoms with E-state index in [4.69, 9.17) is 0 Å². The number of carbonyl (C=O) groups is 1. The van der Waals surface area contributed by atoms with E-state index in [1.165, 1.54) is 12.1 Å². The van der Waals surface area contributed by atoms with Gasteiger partial charge in [0.1, 0.15) is 5.82 Å². The summed E-state index contributed by atoms with van der Waals surface area (Å²) in [4.78, 5) is 12.3. The number of ketones is 1. The van der Waals surface area contributed by atoms with Crippen LogP contribution in [0.15, 0.2) is 40.9 Å². The Morgan fingerprint density at radius 3 is 2.53 bits per heavy atom. The van der Waals surface area contributed by atoms with Crippen molar-refractivity contribution in [2.45, 2.75) is 20.3 Å². The molecule has 98 valence electrons. The maximum absolute atomic E-state index is 13.0. The molecule has 0 radical (unpaired) electrons. The van der Waals surface area contributed by atoms with Gasteiger partial charge in [0.25, 0.3) is 0 Å². The molecule has 0 saturated carbocycles. The molecule has 0 aliphatic carbocycles. The molecule has 0 heterocycles. The van der Waals surface area contributed by atoms with Crippen LogP contribution in [0.5, 0.6) is 0 Å². The minimum atomic E-state index is -0.311. The fourth-order valence-electron chi connectivity index (χ4n) is 2.06. The first kappa shape index (κ1) is 13.9. The van der Waals surface area contributed by atoms with Crippen LogP contribution in [-0.4, -0.2) is 5.78 Å². The normalized spacial score (nSPS) is 10.5. The third-order valence-corrected chi connectivity index (χ3v) is 3.79. The van der Waals surface area contributed by atoms with E-state index in [0.29, 0.717) is 4.47 Å². The van der Waals surface area contributed by atoms with Crippen molar-refractivity contribution in [3.8, 4) is 0 Å². The topological polar surface area (TPSA) is 17.1 Å². The smallest absolute Gasteiger partial charge is 0.167 e. The Kier molecular flexibility index (Phi) is 4.15. The number of Topliss-reactive ketones (excluding diaryl/α,β-unsaturated/α-hetero) is 1. The molecule has 0 aliphatic heterocycles. The van der Waals surface area contributed by atoms with Crippen LogP contribution in [0.4, 0.5) is 4.39 Å². The Labute approximate surface area is 120 Å². The van der Waals surface area contributed by atoms with Gasteiger partial charge in [-0.15, -0.1) is 0 Å². The van der Waals surface area contributed by atoms with Gasteiger partial charge >= 0.3 is 0 Å². The largest absolute Gasteiger partial charge is 0.294 e. The molecule has 2 rings (SSSR count). The van der Waals surface area contributed by atoms with Crippen molar-refractivity contribution >= 4 is 21.7 Å². The second-order valence-corrected chi connectivity index (χ2v) is 5.51. The predicted molar refractivity (Wildman–Crippen MR) is 78.1 cm³/mol. The fourth-order valence-corrected chi connectivity index (χ4v) is 2.55. The van der Waals surface area contributed by atoms with Gasteiger partial charge in [-0.05, 0) is 37.1 Å². The Morgan fingerprint density at radius 2 is 1.89 bits per heavy atom. The first-order chi connectivity index (χ1) is 8.97. The molecule has 0 unspecified atom stereocenters. The molecular formula is C16H14BrFO. The fraction of sp³-hybridized carbons (Fsp3) is 0.188. The van der Waals surface area contributed by atoms with Crippen molar-refractivity contribution in [2.24, 2.45) is 0 Å². The van der Waals surface area contributed by atoms with Gasteiger partial charge in [-0.3, -0.25) is 4.79 Å². The highest BCUT2D eigenvalue weighted by atomic mass is 79.9. The van der Waals surface area contributed by atoms with Gasteiger partial charge in [0.15, 0.2) is 5.78 Å². The van der Waals surface area contributed by atoms with Crippen LogP contribution in [0.3, 0.4) is 0 Å². The monoisotopic (exact) mass is 320 g/mol. The number of carbonyl (C=O) groups excluding carboxylic acids is 1. The van der Waals surface area contributed by atoms with Crippen molar-refractivity contribution < 1.29 is 9.18 Å². The van der Waals surface area contributed by atoms with Crippen molar-refractivity contribution in [2.75, 3.05) is 0 Å². The minimum absolute atomic E-state index is 0.0461. The Balaban J connectivity index is 2.25. The average Bonchev–Trinajstić information content (AvgIpc) is 2.32. The van der Waals surface area contributed by atoms with E-state index in [-0.39, 0.29) is 18.0 Å². The van der Waals surface area contributed by atoms with E-state index >= 15 is 0 Å². The standard InChI is InChI=1S/C16H14BrFO/c1-10-3-6-14(11(2)7-10)16(19)8-12-4-5-13(18)9-15(12)17/h3-7,9H,8H2,1-2H3. The number of halogens is 2. The number of hydrogen-bond acceptors (Lipinski definition) is 1. The quantitative estimate of drug-likeness (QED) is 0.753. The van der Waals surface area contributed by atoms with Crippen LogP contribution in [0.2, 0.25) is 0 Å². The Morgan fingerprint density at radius 1 is 1.16 bits per heavy atom. The summed E-state index contributed by atoms with van der Waals surface area (Å²) in [6.07, 6.45) is 0.269. The minimum Gasteiger partial charge on any atom is -0.294 e. The molecule has 0 spiro atoms. The van der Waals surface area contributed by atoms with E-state index in [0.717, 1.165) is 22.3 Å². The molecule has 2 aromatic rings. The van der Waals surface area contributed by atoms with Crippen LogP contribution in [-0.2, 0) is 6.42 Å². The molecule has 0 fully saturated rings. The van der Waals surface area contributed by atoms with Gasteiger partial charge in [-0.1, -0.05) is 45.8 Å². The summed E-state index contributed by atoms with van der Waals surface area (Å²) in [5, 5.41) is 0. The third-order valence-electron chi connectivity index (χ3n) is 3.05. The molecule has 0 aliphatic rings. The van der Waals surface area contributed by atoms with E-state index in [1.807, 2.05) is 32.0 Å². The first-order valence-electron chi connectivity index (χ1n) is 6.02. The predicted octanol–water partition coefficient (Wildman–Crippen LogP) is 4.63. The zero-order valence-electron chi connectivity index (χ0n) is 10.8. The van der Waals surface area contributed by atoms with E-state index in [9.17, 15) is 9.18 Å². The zero-order chi connectivity index (χ0) is 14.0. The lowest BCUT2D eigenvalue weighted by molar-refractivity contribution is 0.0992. The van der Waals surface area contributed by atoms with Crippen LogP contribution in [0, 0.1) is 19.7 Å². The number of aryl methyl sites for hydroxylation is 2. The molecule has 0 bridgehead atoms. The van der Waals surface area contributed by atoms with E-state index < -0.39 is 0 Å². The molecule has 3 heteroatoms. The lowest BCUT2D eigenvalue weighted by Crippen LogP contribution is -2.06.